The van der Waals surface area contributed by atoms with Gasteiger partial charge in [-0.15, -0.1) is 5.10 Å². The van der Waals surface area contributed by atoms with Crippen LogP contribution in [0, 0.1) is 24.0 Å². The van der Waals surface area contributed by atoms with Crippen LogP contribution in [0.1, 0.15) is 22.1 Å². The summed E-state index contributed by atoms with van der Waals surface area (Å²) in [4.78, 5) is 27.3. The van der Waals surface area contributed by atoms with Crippen LogP contribution < -0.4 is 5.32 Å². The Morgan fingerprint density at radius 3 is 2.82 bits per heavy atom. The molecule has 10 heteroatoms. The first-order valence-electron chi connectivity index (χ1n) is 8.28. The molecule has 0 saturated carbocycles. The quantitative estimate of drug-likeness (QED) is 0.426. The predicted octanol–water partition coefficient (Wildman–Crippen LogP) is 3.19. The van der Waals surface area contributed by atoms with Crippen molar-refractivity contribution in [3.8, 4) is 5.69 Å². The molecule has 2 heterocycles. The van der Waals surface area contributed by atoms with Gasteiger partial charge in [0.05, 0.1) is 16.3 Å². The third-order valence-corrected chi connectivity index (χ3v) is 4.15. The lowest BCUT2D eigenvalue weighted by atomic mass is 10.2. The summed E-state index contributed by atoms with van der Waals surface area (Å²) < 4.78 is 6.79. The lowest BCUT2D eigenvalue weighted by Crippen LogP contribution is -2.14. The van der Waals surface area contributed by atoms with Crippen LogP contribution in [0.25, 0.3) is 16.8 Å². The molecule has 140 valence electrons. The minimum atomic E-state index is -0.495. The Kier molecular flexibility index (Phi) is 4.07. The summed E-state index contributed by atoms with van der Waals surface area (Å²) >= 11 is 0. The zero-order valence-corrected chi connectivity index (χ0v) is 14.9. The molecule has 0 spiro atoms. The van der Waals surface area contributed by atoms with Gasteiger partial charge in [-0.05, 0) is 31.2 Å². The van der Waals surface area contributed by atoms with Gasteiger partial charge in [0.2, 0.25) is 0 Å². The van der Waals surface area contributed by atoms with E-state index in [0.29, 0.717) is 34.1 Å². The highest BCUT2D eigenvalue weighted by molar-refractivity contribution is 6.04. The maximum Gasteiger partial charge on any atom is 0.278 e. The highest BCUT2D eigenvalue weighted by atomic mass is 16.6. The molecule has 2 aromatic carbocycles. The average Bonchev–Trinajstić information content (AvgIpc) is 3.23. The van der Waals surface area contributed by atoms with Gasteiger partial charge in [-0.2, -0.15) is 0 Å². The average molecular weight is 378 g/mol. The van der Waals surface area contributed by atoms with Gasteiger partial charge in [-0.25, -0.2) is 9.67 Å². The van der Waals surface area contributed by atoms with Crippen LogP contribution in [-0.2, 0) is 0 Å². The Labute approximate surface area is 157 Å². The SMILES string of the molecule is Cc1nc2cc(NC(=O)c3nnn(-c4cccc([N+](=O)[O-])c4)c3C)ccc2o1. The minimum absolute atomic E-state index is 0.0744. The van der Waals surface area contributed by atoms with E-state index in [2.05, 4.69) is 20.6 Å². The van der Waals surface area contributed by atoms with Gasteiger partial charge < -0.3 is 9.73 Å². The van der Waals surface area contributed by atoms with Gasteiger partial charge in [-0.3, -0.25) is 14.9 Å². The summed E-state index contributed by atoms with van der Waals surface area (Å²) in [5, 5.41) is 21.6. The highest BCUT2D eigenvalue weighted by Gasteiger charge is 2.19. The zero-order chi connectivity index (χ0) is 19.8. The molecular formula is C18H14N6O4. The number of anilines is 1. The normalized spacial score (nSPS) is 10.9. The number of aromatic nitrogens is 4. The van der Waals surface area contributed by atoms with Crippen LogP contribution in [0.5, 0.6) is 0 Å². The Bertz CT molecular complexity index is 1230. The minimum Gasteiger partial charge on any atom is -0.441 e. The lowest BCUT2D eigenvalue weighted by Gasteiger charge is -2.05. The molecular weight excluding hydrogens is 364 g/mol. The van der Waals surface area contributed by atoms with Crippen LogP contribution in [0.2, 0.25) is 0 Å². The largest absolute Gasteiger partial charge is 0.441 e. The number of nitrogens with zero attached hydrogens (tertiary/aromatic N) is 5. The maximum atomic E-state index is 12.6. The molecule has 2 aromatic heterocycles. The Balaban J connectivity index is 1.61. The van der Waals surface area contributed by atoms with Gasteiger partial charge in [0, 0.05) is 24.7 Å². The summed E-state index contributed by atoms with van der Waals surface area (Å²) in [5.41, 5.74) is 2.73. The lowest BCUT2D eigenvalue weighted by molar-refractivity contribution is -0.384. The number of aryl methyl sites for hydroxylation is 1. The molecule has 1 amide bonds. The van der Waals surface area contributed by atoms with E-state index in [1.54, 1.807) is 44.2 Å². The van der Waals surface area contributed by atoms with E-state index in [9.17, 15) is 14.9 Å². The van der Waals surface area contributed by atoms with Crippen molar-refractivity contribution in [2.45, 2.75) is 13.8 Å². The van der Waals surface area contributed by atoms with E-state index in [1.807, 2.05) is 0 Å². The molecule has 0 saturated heterocycles. The van der Waals surface area contributed by atoms with E-state index >= 15 is 0 Å². The molecule has 0 radical (unpaired) electrons. The Morgan fingerprint density at radius 2 is 2.04 bits per heavy atom. The van der Waals surface area contributed by atoms with E-state index in [1.165, 1.54) is 16.8 Å². The third-order valence-electron chi connectivity index (χ3n) is 4.15. The second-order valence-corrected chi connectivity index (χ2v) is 6.08. The second kappa shape index (κ2) is 6.58. The fourth-order valence-electron chi connectivity index (χ4n) is 2.83. The third kappa shape index (κ3) is 3.07. The smallest absolute Gasteiger partial charge is 0.278 e. The van der Waals surface area contributed by atoms with Gasteiger partial charge in [0.1, 0.15) is 5.52 Å². The topological polar surface area (TPSA) is 129 Å². The number of carbonyl (C=O) groups excluding carboxylic acids is 1. The number of oxazole rings is 1. The number of rotatable bonds is 4. The number of nitro groups is 1. The van der Waals surface area contributed by atoms with Gasteiger partial charge in [-0.1, -0.05) is 11.3 Å². The number of hydrogen-bond donors (Lipinski definition) is 1. The number of hydrogen-bond acceptors (Lipinski definition) is 7. The van der Waals surface area contributed by atoms with Gasteiger partial charge in [0.25, 0.3) is 11.6 Å². The van der Waals surface area contributed by atoms with E-state index in [-0.39, 0.29) is 11.4 Å². The molecule has 0 fully saturated rings. The molecule has 0 aliphatic carbocycles. The van der Waals surface area contributed by atoms with Crippen molar-refractivity contribution in [2.24, 2.45) is 0 Å². The molecule has 0 aliphatic rings. The van der Waals surface area contributed by atoms with Crippen LogP contribution in [0.4, 0.5) is 11.4 Å². The fourth-order valence-corrected chi connectivity index (χ4v) is 2.83. The van der Waals surface area contributed by atoms with Gasteiger partial charge in [0.15, 0.2) is 17.2 Å². The van der Waals surface area contributed by atoms with Crippen molar-refractivity contribution in [1.29, 1.82) is 0 Å². The molecule has 1 N–H and O–H groups in total. The molecule has 0 aliphatic heterocycles. The summed E-state index contributed by atoms with van der Waals surface area (Å²) in [6.45, 7) is 3.41. The fraction of sp³-hybridized carbons (Fsp3) is 0.111. The van der Waals surface area contributed by atoms with Crippen LogP contribution in [-0.4, -0.2) is 30.8 Å². The van der Waals surface area contributed by atoms with Crippen molar-refractivity contribution < 1.29 is 14.1 Å². The summed E-state index contributed by atoms with van der Waals surface area (Å²) in [5.74, 6) is 0.0861. The Hall–Kier alpha value is -4.08. The molecule has 0 atom stereocenters. The van der Waals surface area contributed by atoms with Crippen LogP contribution in [0.3, 0.4) is 0 Å². The standard InChI is InChI=1S/C18H14N6O4/c1-10-17(21-22-23(10)13-4-3-5-14(9-13)24(26)27)18(25)20-12-6-7-16-15(8-12)19-11(2)28-16/h3-9H,1-2H3,(H,20,25). The number of nitro benzene ring substituents is 1. The Morgan fingerprint density at radius 1 is 1.21 bits per heavy atom. The predicted molar refractivity (Wildman–Crippen MR) is 99.4 cm³/mol. The highest BCUT2D eigenvalue weighted by Crippen LogP contribution is 2.21. The van der Waals surface area contributed by atoms with Crippen molar-refractivity contribution in [3.05, 3.63) is 69.9 Å². The maximum absolute atomic E-state index is 12.6. The summed E-state index contributed by atoms with van der Waals surface area (Å²) in [6, 6.07) is 11.1. The summed E-state index contributed by atoms with van der Waals surface area (Å²) in [7, 11) is 0. The van der Waals surface area contributed by atoms with Crippen molar-refractivity contribution in [2.75, 3.05) is 5.32 Å². The molecule has 28 heavy (non-hydrogen) atoms. The number of nitrogens with one attached hydrogen (secondary N) is 1. The zero-order valence-electron chi connectivity index (χ0n) is 14.9. The van der Waals surface area contributed by atoms with Crippen molar-refractivity contribution in [3.63, 3.8) is 0 Å². The van der Waals surface area contributed by atoms with E-state index in [0.717, 1.165) is 0 Å². The number of benzene rings is 2. The van der Waals surface area contributed by atoms with Crippen LogP contribution >= 0.6 is 0 Å². The number of non-ortho nitro benzene ring substituents is 1. The van der Waals surface area contributed by atoms with Crippen molar-refractivity contribution >= 4 is 28.4 Å². The first kappa shape index (κ1) is 17.3. The monoisotopic (exact) mass is 378 g/mol. The summed E-state index contributed by atoms with van der Waals surface area (Å²) in [6.07, 6.45) is 0. The molecule has 0 bridgehead atoms. The molecule has 10 nitrogen and oxygen atoms in total. The van der Waals surface area contributed by atoms with Gasteiger partial charge >= 0.3 is 0 Å². The number of carbonyl (C=O) groups is 1. The molecule has 4 aromatic rings. The first-order valence-corrected chi connectivity index (χ1v) is 8.28. The second-order valence-electron chi connectivity index (χ2n) is 6.08. The number of fused-ring (bicyclic) bond motifs is 1. The van der Waals surface area contributed by atoms with Crippen molar-refractivity contribution in [1.82, 2.24) is 20.0 Å². The molecule has 0 unspecified atom stereocenters. The molecule has 4 rings (SSSR count). The van der Waals surface area contributed by atoms with E-state index < -0.39 is 10.8 Å². The van der Waals surface area contributed by atoms with E-state index in [4.69, 9.17) is 4.42 Å². The van der Waals surface area contributed by atoms with Crippen LogP contribution in [0.15, 0.2) is 46.9 Å². The number of amides is 1. The first-order chi connectivity index (χ1) is 13.4.